The SMILES string of the molecule is O=C(O)C(=O)NC1C=NN2C=CC(N3CCC[C@@H]3c3cc(F)ccc3F)=NC12. The van der Waals surface area contributed by atoms with Crippen LogP contribution < -0.4 is 5.32 Å². The van der Waals surface area contributed by atoms with Gasteiger partial charge < -0.3 is 15.3 Å². The van der Waals surface area contributed by atoms with Gasteiger partial charge in [0.1, 0.15) is 23.5 Å². The molecule has 2 unspecified atom stereocenters. The van der Waals surface area contributed by atoms with Crippen molar-refractivity contribution in [3.63, 3.8) is 0 Å². The van der Waals surface area contributed by atoms with Crippen LogP contribution in [0.1, 0.15) is 24.4 Å². The maximum Gasteiger partial charge on any atom is 0.394 e. The number of aliphatic imine (C=N–C) groups is 1. The lowest BCUT2D eigenvalue weighted by molar-refractivity contribution is -0.150. The molecule has 3 heterocycles. The Bertz CT molecular complexity index is 916. The van der Waals surface area contributed by atoms with Crippen LogP contribution in [-0.4, -0.2) is 57.7 Å². The number of carboxylic acid groups (broad SMARTS) is 1. The molecule has 0 saturated carbocycles. The Hall–Kier alpha value is -3.30. The van der Waals surface area contributed by atoms with Gasteiger partial charge >= 0.3 is 11.9 Å². The molecule has 146 valence electrons. The highest BCUT2D eigenvalue weighted by molar-refractivity contribution is 6.31. The second-order valence-electron chi connectivity index (χ2n) is 6.68. The molecule has 8 nitrogen and oxygen atoms in total. The van der Waals surface area contributed by atoms with Crippen LogP contribution in [0.2, 0.25) is 0 Å². The summed E-state index contributed by atoms with van der Waals surface area (Å²) in [7, 11) is 0. The predicted molar refractivity (Wildman–Crippen MR) is 95.3 cm³/mol. The highest BCUT2D eigenvalue weighted by Gasteiger charge is 2.37. The number of halogens is 2. The molecule has 1 aromatic rings. The van der Waals surface area contributed by atoms with Crippen LogP contribution in [-0.2, 0) is 9.59 Å². The minimum atomic E-state index is -1.59. The highest BCUT2D eigenvalue weighted by atomic mass is 19.1. The van der Waals surface area contributed by atoms with Gasteiger partial charge in [0, 0.05) is 18.3 Å². The molecule has 0 radical (unpaired) electrons. The number of hydrogen-bond acceptors (Lipinski definition) is 6. The van der Waals surface area contributed by atoms with Gasteiger partial charge in [0.05, 0.1) is 12.3 Å². The largest absolute Gasteiger partial charge is 0.474 e. The van der Waals surface area contributed by atoms with Crippen LogP contribution in [0.5, 0.6) is 0 Å². The van der Waals surface area contributed by atoms with Crippen molar-refractivity contribution in [2.75, 3.05) is 6.54 Å². The van der Waals surface area contributed by atoms with Crippen LogP contribution in [0.4, 0.5) is 8.78 Å². The van der Waals surface area contributed by atoms with Crippen molar-refractivity contribution in [2.24, 2.45) is 10.1 Å². The monoisotopic (exact) mass is 389 g/mol. The third-order valence-electron chi connectivity index (χ3n) is 4.95. The van der Waals surface area contributed by atoms with Gasteiger partial charge in [-0.2, -0.15) is 5.10 Å². The lowest BCUT2D eigenvalue weighted by Gasteiger charge is -2.32. The molecule has 2 N–H and O–H groups in total. The Morgan fingerprint density at radius 3 is 2.89 bits per heavy atom. The Morgan fingerprint density at radius 1 is 1.29 bits per heavy atom. The molecular weight excluding hydrogens is 372 g/mol. The van der Waals surface area contributed by atoms with Crippen molar-refractivity contribution in [3.8, 4) is 0 Å². The van der Waals surface area contributed by atoms with E-state index in [0.717, 1.165) is 18.6 Å². The minimum absolute atomic E-state index is 0.273. The van der Waals surface area contributed by atoms with Crippen molar-refractivity contribution < 1.29 is 23.5 Å². The molecular formula is C18H17F2N5O3. The van der Waals surface area contributed by atoms with E-state index in [9.17, 15) is 18.4 Å². The zero-order chi connectivity index (χ0) is 19.8. The first-order chi connectivity index (χ1) is 13.4. The van der Waals surface area contributed by atoms with Crippen LogP contribution in [0.25, 0.3) is 0 Å². The Morgan fingerprint density at radius 2 is 2.11 bits per heavy atom. The molecule has 1 amide bonds. The van der Waals surface area contributed by atoms with E-state index in [1.165, 1.54) is 17.3 Å². The van der Waals surface area contributed by atoms with Crippen molar-refractivity contribution in [2.45, 2.75) is 31.1 Å². The topological polar surface area (TPSA) is 97.6 Å². The number of carbonyl (C=O) groups is 2. The number of nitrogens with zero attached hydrogens (tertiary/aromatic N) is 4. The molecule has 0 spiro atoms. The van der Waals surface area contributed by atoms with Crippen molar-refractivity contribution in [1.82, 2.24) is 15.2 Å². The summed E-state index contributed by atoms with van der Waals surface area (Å²) < 4.78 is 27.9. The van der Waals surface area contributed by atoms with Gasteiger partial charge in [0.25, 0.3) is 0 Å². The first-order valence-corrected chi connectivity index (χ1v) is 8.78. The van der Waals surface area contributed by atoms with Gasteiger partial charge in [-0.05, 0) is 37.1 Å². The van der Waals surface area contributed by atoms with Crippen LogP contribution in [0.15, 0.2) is 40.6 Å². The van der Waals surface area contributed by atoms with E-state index in [-0.39, 0.29) is 11.6 Å². The fourth-order valence-corrected chi connectivity index (χ4v) is 3.68. The van der Waals surface area contributed by atoms with Gasteiger partial charge in [0.15, 0.2) is 6.17 Å². The second kappa shape index (κ2) is 7.02. The van der Waals surface area contributed by atoms with Gasteiger partial charge in [-0.25, -0.2) is 23.6 Å². The van der Waals surface area contributed by atoms with E-state index in [0.29, 0.717) is 18.8 Å². The third kappa shape index (κ3) is 3.21. The van der Waals surface area contributed by atoms with Gasteiger partial charge in [-0.1, -0.05) is 0 Å². The third-order valence-corrected chi connectivity index (χ3v) is 4.95. The number of amides is 1. The van der Waals surface area contributed by atoms with Crippen LogP contribution >= 0.6 is 0 Å². The molecule has 1 saturated heterocycles. The zero-order valence-corrected chi connectivity index (χ0v) is 14.6. The molecule has 1 aromatic carbocycles. The summed E-state index contributed by atoms with van der Waals surface area (Å²) in [4.78, 5) is 28.7. The van der Waals surface area contributed by atoms with Gasteiger partial charge in [-0.3, -0.25) is 4.79 Å². The van der Waals surface area contributed by atoms with Crippen LogP contribution in [0, 0.1) is 11.6 Å². The van der Waals surface area contributed by atoms with Gasteiger partial charge in [-0.15, -0.1) is 0 Å². The molecule has 0 bridgehead atoms. The predicted octanol–water partition coefficient (Wildman–Crippen LogP) is 1.22. The van der Waals surface area contributed by atoms with Crippen molar-refractivity contribution in [1.29, 1.82) is 0 Å². The maximum absolute atomic E-state index is 14.3. The van der Waals surface area contributed by atoms with E-state index in [1.54, 1.807) is 12.3 Å². The lowest BCUT2D eigenvalue weighted by Crippen LogP contribution is -2.49. The Kier molecular flexibility index (Phi) is 4.54. The molecule has 3 atom stereocenters. The number of carboxylic acids is 1. The van der Waals surface area contributed by atoms with Crippen molar-refractivity contribution in [3.05, 3.63) is 47.7 Å². The number of carbonyl (C=O) groups excluding carboxylic acids is 1. The minimum Gasteiger partial charge on any atom is -0.474 e. The zero-order valence-electron chi connectivity index (χ0n) is 14.6. The van der Waals surface area contributed by atoms with E-state index in [1.807, 2.05) is 4.90 Å². The lowest BCUT2D eigenvalue weighted by atomic mass is 10.0. The molecule has 3 aliphatic heterocycles. The average Bonchev–Trinajstić information content (AvgIpc) is 3.30. The van der Waals surface area contributed by atoms with Crippen LogP contribution in [0.3, 0.4) is 0 Å². The normalized spacial score (nSPS) is 25.6. The Balaban J connectivity index is 1.58. The summed E-state index contributed by atoms with van der Waals surface area (Å²) in [6.07, 6.45) is 5.59. The number of amidine groups is 1. The number of rotatable bonds is 2. The molecule has 28 heavy (non-hydrogen) atoms. The molecule has 0 aliphatic carbocycles. The maximum atomic E-state index is 14.3. The summed E-state index contributed by atoms with van der Waals surface area (Å²) >= 11 is 0. The molecule has 10 heteroatoms. The number of likely N-dealkylation sites (tertiary alicyclic amines) is 1. The molecule has 0 aromatic heterocycles. The number of aliphatic carboxylic acids is 1. The summed E-state index contributed by atoms with van der Waals surface area (Å²) in [5.41, 5.74) is 0.273. The van der Waals surface area contributed by atoms with E-state index >= 15 is 0 Å². The quantitative estimate of drug-likeness (QED) is 0.742. The Labute approximate surface area is 158 Å². The number of hydrogen-bond donors (Lipinski definition) is 2. The number of nitrogens with one attached hydrogen (secondary N) is 1. The molecule has 4 rings (SSSR count). The number of benzene rings is 1. The van der Waals surface area contributed by atoms with E-state index < -0.39 is 35.7 Å². The smallest absolute Gasteiger partial charge is 0.394 e. The van der Waals surface area contributed by atoms with E-state index in [2.05, 4.69) is 15.4 Å². The number of hydrazone groups is 1. The fraction of sp³-hybridized carbons (Fsp3) is 0.333. The fourth-order valence-electron chi connectivity index (χ4n) is 3.68. The average molecular weight is 389 g/mol. The summed E-state index contributed by atoms with van der Waals surface area (Å²) in [6.45, 7) is 0.615. The first kappa shape index (κ1) is 18.1. The molecule has 3 aliphatic rings. The van der Waals surface area contributed by atoms with Gasteiger partial charge in [0.2, 0.25) is 0 Å². The summed E-state index contributed by atoms with van der Waals surface area (Å²) in [6, 6.07) is 2.32. The second-order valence-corrected chi connectivity index (χ2v) is 6.68. The molecule has 1 fully saturated rings. The highest BCUT2D eigenvalue weighted by Crippen LogP contribution is 2.35. The number of fused-ring (bicyclic) bond motifs is 1. The standard InChI is InChI=1S/C18H17F2N5O3/c19-10-3-4-12(20)11(8-10)14-2-1-6-24(14)15-5-7-25-16(23-15)13(9-21-25)22-17(26)18(27)28/h3-5,7-9,13-14,16H,1-2,6H2,(H,22,26)(H,27,28)/t13?,14-,16?/m1/s1. The summed E-state index contributed by atoms with van der Waals surface area (Å²) in [5.74, 6) is -3.17. The first-order valence-electron chi connectivity index (χ1n) is 8.78. The summed E-state index contributed by atoms with van der Waals surface area (Å²) in [5, 5.41) is 16.7. The van der Waals surface area contributed by atoms with Crippen molar-refractivity contribution >= 4 is 23.9 Å². The van der Waals surface area contributed by atoms with E-state index in [4.69, 9.17) is 5.11 Å².